The van der Waals surface area contributed by atoms with Crippen LogP contribution in [0.1, 0.15) is 19.6 Å². The second-order valence-electron chi connectivity index (χ2n) is 4.66. The zero-order chi connectivity index (χ0) is 12.1. The molecule has 2 rings (SSSR count). The molecule has 0 atom stereocenters. The number of hydrogen-bond donors (Lipinski definition) is 1. The second kappa shape index (κ2) is 5.69. The topological polar surface area (TPSA) is 25.2 Å². The lowest BCUT2D eigenvalue weighted by molar-refractivity contribution is 0.472. The summed E-state index contributed by atoms with van der Waals surface area (Å²) >= 11 is 0. The molecule has 2 heteroatoms. The first-order valence-corrected chi connectivity index (χ1v) is 6.10. The highest BCUT2D eigenvalue weighted by atomic mass is 16.3. The molecule has 17 heavy (non-hydrogen) atoms. The summed E-state index contributed by atoms with van der Waals surface area (Å²) < 4.78 is 5.79. The molecule has 0 amide bonds. The number of furan rings is 1. The lowest BCUT2D eigenvalue weighted by atomic mass is 10.2. The largest absolute Gasteiger partial charge is 0.460 e. The average molecular weight is 229 g/mol. The van der Waals surface area contributed by atoms with Crippen molar-refractivity contribution in [1.29, 1.82) is 0 Å². The Labute approximate surface area is 103 Å². The van der Waals surface area contributed by atoms with Gasteiger partial charge in [-0.15, -0.1) is 0 Å². The molecule has 2 aromatic rings. The monoisotopic (exact) mass is 229 g/mol. The van der Waals surface area contributed by atoms with Crippen LogP contribution in [-0.2, 0) is 6.54 Å². The van der Waals surface area contributed by atoms with Gasteiger partial charge >= 0.3 is 0 Å². The Morgan fingerprint density at radius 1 is 1.06 bits per heavy atom. The molecule has 0 spiro atoms. The highest BCUT2D eigenvalue weighted by molar-refractivity contribution is 5.57. The first kappa shape index (κ1) is 11.9. The molecule has 0 aliphatic heterocycles. The van der Waals surface area contributed by atoms with Crippen LogP contribution in [0.4, 0.5) is 0 Å². The molecule has 0 fully saturated rings. The summed E-state index contributed by atoms with van der Waals surface area (Å²) in [5, 5.41) is 3.37. The summed E-state index contributed by atoms with van der Waals surface area (Å²) in [6.07, 6.45) is 0. The summed E-state index contributed by atoms with van der Waals surface area (Å²) in [7, 11) is 0. The summed E-state index contributed by atoms with van der Waals surface area (Å²) in [6, 6.07) is 14.2. The normalized spacial score (nSPS) is 11.0. The predicted octanol–water partition coefficient (Wildman–Crippen LogP) is 3.69. The Kier molecular flexibility index (Phi) is 3.99. The van der Waals surface area contributed by atoms with E-state index in [1.165, 1.54) is 0 Å². The quantitative estimate of drug-likeness (QED) is 0.845. The molecule has 0 saturated carbocycles. The third kappa shape index (κ3) is 3.46. The molecule has 0 radical (unpaired) electrons. The van der Waals surface area contributed by atoms with Crippen molar-refractivity contribution in [2.75, 3.05) is 6.54 Å². The van der Waals surface area contributed by atoms with Crippen molar-refractivity contribution in [3.8, 4) is 11.3 Å². The molecule has 1 aromatic carbocycles. The van der Waals surface area contributed by atoms with Gasteiger partial charge in [0.05, 0.1) is 6.54 Å². The van der Waals surface area contributed by atoms with Crippen molar-refractivity contribution in [1.82, 2.24) is 5.32 Å². The molecule has 0 unspecified atom stereocenters. The third-order valence-electron chi connectivity index (χ3n) is 2.57. The fourth-order valence-electron chi connectivity index (χ4n) is 1.71. The van der Waals surface area contributed by atoms with E-state index in [0.717, 1.165) is 30.2 Å². The highest BCUT2D eigenvalue weighted by Gasteiger charge is 2.03. The van der Waals surface area contributed by atoms with Crippen molar-refractivity contribution < 1.29 is 4.42 Å². The van der Waals surface area contributed by atoms with Crippen LogP contribution in [0.25, 0.3) is 11.3 Å². The van der Waals surface area contributed by atoms with Gasteiger partial charge in [-0.3, -0.25) is 0 Å². The minimum atomic E-state index is 0.665. The summed E-state index contributed by atoms with van der Waals surface area (Å²) in [6.45, 7) is 6.21. The van der Waals surface area contributed by atoms with Crippen molar-refractivity contribution in [2.24, 2.45) is 5.92 Å². The first-order valence-electron chi connectivity index (χ1n) is 6.10. The van der Waals surface area contributed by atoms with Crippen LogP contribution in [0, 0.1) is 5.92 Å². The molecule has 0 aliphatic carbocycles. The van der Waals surface area contributed by atoms with Crippen LogP contribution >= 0.6 is 0 Å². The third-order valence-corrected chi connectivity index (χ3v) is 2.57. The van der Waals surface area contributed by atoms with Gasteiger partial charge in [0.25, 0.3) is 0 Å². The lowest BCUT2D eigenvalue weighted by Crippen LogP contribution is -2.18. The molecular weight excluding hydrogens is 210 g/mol. The van der Waals surface area contributed by atoms with E-state index in [1.807, 2.05) is 30.3 Å². The van der Waals surface area contributed by atoms with E-state index < -0.39 is 0 Å². The van der Waals surface area contributed by atoms with Crippen LogP contribution in [-0.4, -0.2) is 6.54 Å². The molecule has 1 heterocycles. The molecule has 0 aliphatic rings. The molecule has 90 valence electrons. The Morgan fingerprint density at radius 2 is 1.82 bits per heavy atom. The molecule has 1 aromatic heterocycles. The Morgan fingerprint density at radius 3 is 2.53 bits per heavy atom. The molecular formula is C15H19NO. The minimum absolute atomic E-state index is 0.665. The van der Waals surface area contributed by atoms with E-state index >= 15 is 0 Å². The summed E-state index contributed by atoms with van der Waals surface area (Å²) in [5.41, 5.74) is 1.13. The Balaban J connectivity index is 1.97. The molecule has 0 saturated heterocycles. The van der Waals surface area contributed by atoms with Gasteiger partial charge in [0.15, 0.2) is 0 Å². The van der Waals surface area contributed by atoms with Crippen molar-refractivity contribution in [3.63, 3.8) is 0 Å². The number of benzene rings is 1. The van der Waals surface area contributed by atoms with Crippen LogP contribution in [0.5, 0.6) is 0 Å². The van der Waals surface area contributed by atoms with Gasteiger partial charge in [-0.25, -0.2) is 0 Å². The fraction of sp³-hybridized carbons (Fsp3) is 0.333. The predicted molar refractivity (Wildman–Crippen MR) is 70.7 cm³/mol. The zero-order valence-corrected chi connectivity index (χ0v) is 10.4. The first-order chi connectivity index (χ1) is 8.25. The van der Waals surface area contributed by atoms with Gasteiger partial charge in [0.2, 0.25) is 0 Å². The van der Waals surface area contributed by atoms with Gasteiger partial charge in [-0.05, 0) is 24.6 Å². The van der Waals surface area contributed by atoms with Crippen LogP contribution in [0.2, 0.25) is 0 Å². The summed E-state index contributed by atoms with van der Waals surface area (Å²) in [4.78, 5) is 0. The van der Waals surface area contributed by atoms with Gasteiger partial charge < -0.3 is 9.73 Å². The number of rotatable bonds is 5. The van der Waals surface area contributed by atoms with Crippen LogP contribution in [0.3, 0.4) is 0 Å². The van der Waals surface area contributed by atoms with E-state index in [1.54, 1.807) is 0 Å². The minimum Gasteiger partial charge on any atom is -0.460 e. The fourth-order valence-corrected chi connectivity index (χ4v) is 1.71. The SMILES string of the molecule is CC(C)CNCc1ccc(-c2ccccc2)o1. The zero-order valence-electron chi connectivity index (χ0n) is 10.4. The lowest BCUT2D eigenvalue weighted by Gasteiger charge is -2.05. The van der Waals surface area contributed by atoms with Crippen molar-refractivity contribution in [2.45, 2.75) is 20.4 Å². The van der Waals surface area contributed by atoms with Gasteiger partial charge in [-0.2, -0.15) is 0 Å². The maximum Gasteiger partial charge on any atom is 0.134 e. The van der Waals surface area contributed by atoms with Crippen molar-refractivity contribution in [3.05, 3.63) is 48.2 Å². The molecule has 0 bridgehead atoms. The van der Waals surface area contributed by atoms with Crippen molar-refractivity contribution >= 4 is 0 Å². The Bertz CT molecular complexity index is 445. The van der Waals surface area contributed by atoms with Gasteiger partial charge in [0.1, 0.15) is 11.5 Å². The maximum absolute atomic E-state index is 5.79. The van der Waals surface area contributed by atoms with E-state index in [0.29, 0.717) is 5.92 Å². The Hall–Kier alpha value is -1.54. The highest BCUT2D eigenvalue weighted by Crippen LogP contribution is 2.21. The smallest absolute Gasteiger partial charge is 0.134 e. The standard InChI is InChI=1S/C15H19NO/c1-12(2)10-16-11-14-8-9-15(17-14)13-6-4-3-5-7-13/h3-9,12,16H,10-11H2,1-2H3. The van der Waals surface area contributed by atoms with E-state index in [2.05, 4.69) is 31.3 Å². The molecule has 2 nitrogen and oxygen atoms in total. The van der Waals surface area contributed by atoms with E-state index in [9.17, 15) is 0 Å². The second-order valence-corrected chi connectivity index (χ2v) is 4.66. The average Bonchev–Trinajstić information content (AvgIpc) is 2.78. The van der Waals surface area contributed by atoms with Crippen LogP contribution in [0.15, 0.2) is 46.9 Å². The number of hydrogen-bond acceptors (Lipinski definition) is 2. The van der Waals surface area contributed by atoms with E-state index in [4.69, 9.17) is 4.42 Å². The summed E-state index contributed by atoms with van der Waals surface area (Å²) in [5.74, 6) is 2.59. The van der Waals surface area contributed by atoms with Gasteiger partial charge in [-0.1, -0.05) is 44.2 Å². The number of nitrogens with one attached hydrogen (secondary N) is 1. The molecule has 1 N–H and O–H groups in total. The maximum atomic E-state index is 5.79. The van der Waals surface area contributed by atoms with Gasteiger partial charge in [0, 0.05) is 5.56 Å². The van der Waals surface area contributed by atoms with E-state index in [-0.39, 0.29) is 0 Å². The van der Waals surface area contributed by atoms with Crippen LogP contribution < -0.4 is 5.32 Å².